The van der Waals surface area contributed by atoms with Crippen molar-refractivity contribution in [3.63, 3.8) is 0 Å². The van der Waals surface area contributed by atoms with Crippen LogP contribution in [0.1, 0.15) is 9.67 Å². The van der Waals surface area contributed by atoms with Crippen LogP contribution in [0.2, 0.25) is 5.02 Å². The molecular formula is C17H11ClN2OS. The van der Waals surface area contributed by atoms with Crippen LogP contribution in [0.15, 0.2) is 54.7 Å². The molecule has 5 heteroatoms. The van der Waals surface area contributed by atoms with Crippen molar-refractivity contribution in [2.45, 2.75) is 0 Å². The smallest absolute Gasteiger partial charge is 0.267 e. The number of anilines is 1. The third-order valence-electron chi connectivity index (χ3n) is 3.58. The van der Waals surface area contributed by atoms with Gasteiger partial charge in [0.05, 0.1) is 10.7 Å². The number of amides is 1. The molecule has 0 saturated heterocycles. The summed E-state index contributed by atoms with van der Waals surface area (Å²) in [5.74, 6) is -0.181. The lowest BCUT2D eigenvalue weighted by Crippen LogP contribution is -2.10. The first kappa shape index (κ1) is 13.4. The van der Waals surface area contributed by atoms with Crippen LogP contribution in [0.25, 0.3) is 21.0 Å². The Bertz CT molecular complexity index is 1000. The quantitative estimate of drug-likeness (QED) is 0.516. The second-order valence-corrected chi connectivity index (χ2v) is 6.37. The van der Waals surface area contributed by atoms with Gasteiger partial charge in [-0.05, 0) is 24.3 Å². The molecule has 0 spiro atoms. The van der Waals surface area contributed by atoms with Crippen LogP contribution < -0.4 is 5.32 Å². The number of fused-ring (bicyclic) bond motifs is 2. The lowest BCUT2D eigenvalue weighted by Gasteiger charge is -2.05. The second kappa shape index (κ2) is 5.16. The van der Waals surface area contributed by atoms with E-state index in [-0.39, 0.29) is 5.91 Å². The van der Waals surface area contributed by atoms with Crippen molar-refractivity contribution in [1.82, 2.24) is 4.98 Å². The first-order chi connectivity index (χ1) is 10.7. The molecule has 2 N–H and O–H groups in total. The fraction of sp³-hybridized carbons (Fsp3) is 0. The summed E-state index contributed by atoms with van der Waals surface area (Å²) in [4.78, 5) is 16.2. The van der Waals surface area contributed by atoms with E-state index in [0.717, 1.165) is 26.7 Å². The molecule has 4 rings (SSSR count). The summed E-state index contributed by atoms with van der Waals surface area (Å²) in [7, 11) is 0. The number of carbonyl (C=O) groups is 1. The lowest BCUT2D eigenvalue weighted by atomic mass is 10.2. The fourth-order valence-corrected chi connectivity index (χ4v) is 3.95. The van der Waals surface area contributed by atoms with Gasteiger partial charge in [0.1, 0.15) is 4.88 Å². The Morgan fingerprint density at radius 2 is 1.91 bits per heavy atom. The second-order valence-electron chi connectivity index (χ2n) is 4.94. The highest BCUT2D eigenvalue weighted by Crippen LogP contribution is 2.35. The Hall–Kier alpha value is -2.30. The summed E-state index contributed by atoms with van der Waals surface area (Å²) in [5.41, 5.74) is 1.76. The zero-order chi connectivity index (χ0) is 15.1. The van der Waals surface area contributed by atoms with Crippen LogP contribution in [-0.2, 0) is 0 Å². The highest BCUT2D eigenvalue weighted by molar-refractivity contribution is 7.21. The number of nitrogens with one attached hydrogen (secondary N) is 2. The summed E-state index contributed by atoms with van der Waals surface area (Å²) in [6, 6.07) is 15.5. The van der Waals surface area contributed by atoms with Gasteiger partial charge in [-0.25, -0.2) is 0 Å². The van der Waals surface area contributed by atoms with Crippen LogP contribution in [0.5, 0.6) is 0 Å². The van der Waals surface area contributed by atoms with E-state index < -0.39 is 0 Å². The van der Waals surface area contributed by atoms with Gasteiger partial charge in [0.25, 0.3) is 5.91 Å². The van der Waals surface area contributed by atoms with Gasteiger partial charge >= 0.3 is 0 Å². The summed E-state index contributed by atoms with van der Waals surface area (Å²) >= 11 is 7.77. The van der Waals surface area contributed by atoms with E-state index >= 15 is 0 Å². The number of aromatic nitrogens is 1. The van der Waals surface area contributed by atoms with Gasteiger partial charge in [-0.1, -0.05) is 35.9 Å². The number of aromatic amines is 1. The first-order valence-corrected chi connectivity index (χ1v) is 7.98. The van der Waals surface area contributed by atoms with E-state index in [4.69, 9.17) is 11.6 Å². The van der Waals surface area contributed by atoms with Gasteiger partial charge in [-0.2, -0.15) is 0 Å². The molecule has 2 aromatic carbocycles. The molecule has 0 saturated carbocycles. The zero-order valence-corrected chi connectivity index (χ0v) is 13.0. The predicted octanol–water partition coefficient (Wildman–Crippen LogP) is 5.29. The minimum Gasteiger partial charge on any atom is -0.361 e. The number of halogens is 1. The normalized spacial score (nSPS) is 11.1. The average Bonchev–Trinajstić information content (AvgIpc) is 3.13. The molecule has 22 heavy (non-hydrogen) atoms. The molecule has 0 unspecified atom stereocenters. The number of benzene rings is 2. The molecule has 1 amide bonds. The topological polar surface area (TPSA) is 44.9 Å². The maximum absolute atomic E-state index is 12.6. The molecule has 108 valence electrons. The largest absolute Gasteiger partial charge is 0.361 e. The number of hydrogen-bond donors (Lipinski definition) is 2. The Balaban J connectivity index is 1.75. The molecule has 3 nitrogen and oxygen atoms in total. The average molecular weight is 327 g/mol. The van der Waals surface area contributed by atoms with E-state index in [1.54, 1.807) is 0 Å². The van der Waals surface area contributed by atoms with Crippen LogP contribution in [0.4, 0.5) is 5.69 Å². The first-order valence-electron chi connectivity index (χ1n) is 6.78. The molecule has 0 aliphatic heterocycles. The Kier molecular flexibility index (Phi) is 3.13. The molecule has 2 aromatic heterocycles. The summed E-state index contributed by atoms with van der Waals surface area (Å²) in [6.45, 7) is 0. The van der Waals surface area contributed by atoms with E-state index in [2.05, 4.69) is 10.3 Å². The molecule has 0 radical (unpaired) electrons. The number of hydrogen-bond acceptors (Lipinski definition) is 2. The SMILES string of the molecule is O=C(Nc1cccc2[nH]ccc12)c1sc2ccccc2c1Cl. The fourth-order valence-electron chi connectivity index (χ4n) is 2.53. The van der Waals surface area contributed by atoms with Crippen molar-refractivity contribution in [2.75, 3.05) is 5.32 Å². The van der Waals surface area contributed by atoms with Crippen LogP contribution in [0.3, 0.4) is 0 Å². The molecule has 0 fully saturated rings. The summed E-state index contributed by atoms with van der Waals surface area (Å²) in [5, 5.41) is 5.37. The van der Waals surface area contributed by atoms with Crippen molar-refractivity contribution in [3.8, 4) is 0 Å². The third kappa shape index (κ3) is 2.08. The van der Waals surface area contributed by atoms with E-state index in [1.165, 1.54) is 11.3 Å². The van der Waals surface area contributed by atoms with E-state index in [1.807, 2.05) is 54.7 Å². The lowest BCUT2D eigenvalue weighted by molar-refractivity contribution is 0.103. The van der Waals surface area contributed by atoms with Crippen molar-refractivity contribution < 1.29 is 4.79 Å². The maximum atomic E-state index is 12.6. The number of rotatable bonds is 2. The molecule has 4 aromatic rings. The summed E-state index contributed by atoms with van der Waals surface area (Å²) < 4.78 is 1.01. The monoisotopic (exact) mass is 326 g/mol. The summed E-state index contributed by atoms with van der Waals surface area (Å²) in [6.07, 6.45) is 1.85. The van der Waals surface area contributed by atoms with Gasteiger partial charge < -0.3 is 10.3 Å². The van der Waals surface area contributed by atoms with Crippen LogP contribution in [0, 0.1) is 0 Å². The predicted molar refractivity (Wildman–Crippen MR) is 93.1 cm³/mol. The molecule has 0 bridgehead atoms. The van der Waals surface area contributed by atoms with Crippen molar-refractivity contribution in [2.24, 2.45) is 0 Å². The molecule has 0 aliphatic carbocycles. The zero-order valence-electron chi connectivity index (χ0n) is 11.4. The maximum Gasteiger partial charge on any atom is 0.267 e. The molecular weight excluding hydrogens is 316 g/mol. The Labute approximate surface area is 135 Å². The van der Waals surface area contributed by atoms with Gasteiger partial charge in [0.2, 0.25) is 0 Å². The van der Waals surface area contributed by atoms with Gasteiger partial charge in [0, 0.05) is 27.2 Å². The highest BCUT2D eigenvalue weighted by atomic mass is 35.5. The van der Waals surface area contributed by atoms with Crippen molar-refractivity contribution in [1.29, 1.82) is 0 Å². The van der Waals surface area contributed by atoms with Crippen molar-refractivity contribution in [3.05, 3.63) is 64.6 Å². The van der Waals surface area contributed by atoms with E-state index in [9.17, 15) is 4.79 Å². The number of thiophene rings is 1. The third-order valence-corrected chi connectivity index (χ3v) is 5.26. The standard InChI is InChI=1S/C17H11ClN2OS/c18-15-11-4-1-2-7-14(11)22-16(15)17(21)20-13-6-3-5-12-10(13)8-9-19-12/h1-9,19H,(H,20,21). The number of carbonyl (C=O) groups excluding carboxylic acids is 1. The minimum absolute atomic E-state index is 0.181. The highest BCUT2D eigenvalue weighted by Gasteiger charge is 2.17. The van der Waals surface area contributed by atoms with Gasteiger partial charge in [-0.15, -0.1) is 11.3 Å². The van der Waals surface area contributed by atoms with Crippen LogP contribution in [-0.4, -0.2) is 10.9 Å². The van der Waals surface area contributed by atoms with Crippen LogP contribution >= 0.6 is 22.9 Å². The Morgan fingerprint density at radius 3 is 2.77 bits per heavy atom. The molecule has 0 aliphatic rings. The van der Waals surface area contributed by atoms with Gasteiger partial charge in [-0.3, -0.25) is 4.79 Å². The number of H-pyrrole nitrogens is 1. The minimum atomic E-state index is -0.181. The Morgan fingerprint density at radius 1 is 1.05 bits per heavy atom. The molecule has 2 heterocycles. The molecule has 0 atom stereocenters. The van der Waals surface area contributed by atoms with Crippen molar-refractivity contribution >= 4 is 55.5 Å². The van der Waals surface area contributed by atoms with E-state index in [0.29, 0.717) is 9.90 Å². The van der Waals surface area contributed by atoms with Gasteiger partial charge in [0.15, 0.2) is 0 Å².